The molecule has 5 heteroatoms. The van der Waals surface area contributed by atoms with Gasteiger partial charge in [0.2, 0.25) is 0 Å². The molecule has 0 saturated carbocycles. The van der Waals surface area contributed by atoms with E-state index in [9.17, 15) is 8.42 Å². The molecule has 0 aromatic heterocycles. The third-order valence-electron chi connectivity index (χ3n) is 3.57. The normalized spacial score (nSPS) is 13.3. The first-order valence-corrected chi connectivity index (χ1v) is 8.57. The quantitative estimate of drug-likeness (QED) is 0.522. The van der Waals surface area contributed by atoms with Crippen molar-refractivity contribution in [3.63, 3.8) is 0 Å². The van der Waals surface area contributed by atoms with Crippen LogP contribution in [0.2, 0.25) is 0 Å². The van der Waals surface area contributed by atoms with Crippen LogP contribution in [0.1, 0.15) is 40.5 Å². The monoisotopic (exact) mass is 283 g/mol. The lowest BCUT2D eigenvalue weighted by Gasteiger charge is -2.29. The van der Waals surface area contributed by atoms with Crippen molar-refractivity contribution in [1.82, 2.24) is 5.32 Å². The van der Waals surface area contributed by atoms with E-state index in [1.807, 2.05) is 0 Å². The lowest BCUT2D eigenvalue weighted by molar-refractivity contribution is 0.289. The van der Waals surface area contributed by atoms with E-state index >= 15 is 0 Å². The molecule has 0 atom stereocenters. The van der Waals surface area contributed by atoms with E-state index in [-0.39, 0.29) is 16.4 Å². The van der Waals surface area contributed by atoms with Crippen LogP contribution < -0.4 is 5.32 Å². The summed E-state index contributed by atoms with van der Waals surface area (Å²) in [4.78, 5) is 0. The molecule has 0 aromatic carbocycles. The number of halogens is 1. The molecule has 0 unspecified atom stereocenters. The van der Waals surface area contributed by atoms with Crippen LogP contribution in [0.25, 0.3) is 0 Å². The molecule has 1 N–H and O–H groups in total. The van der Waals surface area contributed by atoms with Crippen molar-refractivity contribution in [3.8, 4) is 0 Å². The third kappa shape index (κ3) is 5.58. The zero-order valence-corrected chi connectivity index (χ0v) is 13.0. The van der Waals surface area contributed by atoms with Gasteiger partial charge in [0.15, 0.2) is 9.84 Å². The molecule has 104 valence electrons. The van der Waals surface area contributed by atoms with Crippen molar-refractivity contribution in [2.45, 2.75) is 45.8 Å². The van der Waals surface area contributed by atoms with Gasteiger partial charge in [0.1, 0.15) is 0 Å². The summed E-state index contributed by atoms with van der Waals surface area (Å²) in [5.74, 6) is 0.820. The SMILES string of the molecule is CCC(CC)(CCl)CNCCS(=O)(=O)C(C)C. The largest absolute Gasteiger partial charge is 0.315 e. The molecule has 0 bridgehead atoms. The minimum atomic E-state index is -2.93. The number of nitrogens with one attached hydrogen (secondary N) is 1. The van der Waals surface area contributed by atoms with E-state index in [1.54, 1.807) is 13.8 Å². The summed E-state index contributed by atoms with van der Waals surface area (Å²) >= 11 is 5.99. The number of hydrogen-bond acceptors (Lipinski definition) is 3. The Morgan fingerprint density at radius 1 is 1.24 bits per heavy atom. The molecule has 0 radical (unpaired) electrons. The number of sulfone groups is 1. The van der Waals surface area contributed by atoms with Crippen LogP contribution >= 0.6 is 11.6 Å². The average molecular weight is 284 g/mol. The predicted molar refractivity (Wildman–Crippen MR) is 75.5 cm³/mol. The maximum absolute atomic E-state index is 11.6. The topological polar surface area (TPSA) is 46.2 Å². The zero-order valence-electron chi connectivity index (χ0n) is 11.4. The van der Waals surface area contributed by atoms with Gasteiger partial charge in [0.25, 0.3) is 0 Å². The molecule has 0 amide bonds. The van der Waals surface area contributed by atoms with Gasteiger partial charge in [0.05, 0.1) is 11.0 Å². The Balaban J connectivity index is 4.08. The van der Waals surface area contributed by atoms with Crippen molar-refractivity contribution in [2.24, 2.45) is 5.41 Å². The Hall–Kier alpha value is 0.200. The van der Waals surface area contributed by atoms with E-state index in [4.69, 9.17) is 11.6 Å². The van der Waals surface area contributed by atoms with E-state index in [0.717, 1.165) is 19.4 Å². The number of hydrogen-bond donors (Lipinski definition) is 1. The van der Waals surface area contributed by atoms with Crippen LogP contribution in [0.4, 0.5) is 0 Å². The lowest BCUT2D eigenvalue weighted by atomic mass is 9.84. The molecule has 0 aliphatic heterocycles. The minimum Gasteiger partial charge on any atom is -0.315 e. The molecule has 0 rings (SSSR count). The fourth-order valence-corrected chi connectivity index (χ4v) is 2.91. The highest BCUT2D eigenvalue weighted by molar-refractivity contribution is 7.92. The number of rotatable bonds is 9. The molecule has 0 aromatic rings. The number of alkyl halides is 1. The van der Waals surface area contributed by atoms with Gasteiger partial charge < -0.3 is 5.32 Å². The minimum absolute atomic E-state index is 0.100. The van der Waals surface area contributed by atoms with Crippen molar-refractivity contribution in [2.75, 3.05) is 24.7 Å². The van der Waals surface area contributed by atoms with Gasteiger partial charge in [-0.3, -0.25) is 0 Å². The van der Waals surface area contributed by atoms with E-state index in [0.29, 0.717) is 12.4 Å². The molecular formula is C12H26ClNO2S. The Kier molecular flexibility index (Phi) is 7.68. The molecule has 17 heavy (non-hydrogen) atoms. The van der Waals surface area contributed by atoms with Crippen LogP contribution in [0.5, 0.6) is 0 Å². The summed E-state index contributed by atoms with van der Waals surface area (Å²) in [7, 11) is -2.93. The van der Waals surface area contributed by atoms with Gasteiger partial charge in [-0.25, -0.2) is 8.42 Å². The van der Waals surface area contributed by atoms with Gasteiger partial charge in [-0.1, -0.05) is 13.8 Å². The predicted octanol–water partition coefficient (Wildman–Crippen LogP) is 2.44. The van der Waals surface area contributed by atoms with Gasteiger partial charge in [-0.15, -0.1) is 11.6 Å². The van der Waals surface area contributed by atoms with Crippen molar-refractivity contribution < 1.29 is 8.42 Å². The molecule has 0 fully saturated rings. The first-order valence-electron chi connectivity index (χ1n) is 6.32. The van der Waals surface area contributed by atoms with Crippen molar-refractivity contribution in [1.29, 1.82) is 0 Å². The smallest absolute Gasteiger partial charge is 0.153 e. The average Bonchev–Trinajstić information content (AvgIpc) is 2.30. The Bertz CT molecular complexity index is 289. The second-order valence-electron chi connectivity index (χ2n) is 4.93. The molecule has 3 nitrogen and oxygen atoms in total. The Labute approximate surface area is 111 Å². The highest BCUT2D eigenvalue weighted by atomic mass is 35.5. The summed E-state index contributed by atoms with van der Waals surface area (Å²) in [5.41, 5.74) is 0.100. The summed E-state index contributed by atoms with van der Waals surface area (Å²) < 4.78 is 23.2. The fourth-order valence-electron chi connectivity index (χ4n) is 1.54. The zero-order chi connectivity index (χ0) is 13.5. The van der Waals surface area contributed by atoms with Gasteiger partial charge in [-0.05, 0) is 32.1 Å². The first kappa shape index (κ1) is 17.2. The Morgan fingerprint density at radius 3 is 2.12 bits per heavy atom. The van der Waals surface area contributed by atoms with Crippen molar-refractivity contribution in [3.05, 3.63) is 0 Å². The van der Waals surface area contributed by atoms with Crippen LogP contribution in [-0.2, 0) is 9.84 Å². The van der Waals surface area contributed by atoms with Crippen LogP contribution in [0.3, 0.4) is 0 Å². The summed E-state index contributed by atoms with van der Waals surface area (Å²) in [6.45, 7) is 8.99. The van der Waals surface area contributed by atoms with Gasteiger partial charge >= 0.3 is 0 Å². The summed E-state index contributed by atoms with van der Waals surface area (Å²) in [6, 6.07) is 0. The van der Waals surface area contributed by atoms with Gasteiger partial charge in [0, 0.05) is 19.0 Å². The second kappa shape index (κ2) is 7.59. The maximum atomic E-state index is 11.6. The standard InChI is InChI=1S/C12H26ClNO2S/c1-5-12(6-2,9-13)10-14-7-8-17(15,16)11(3)4/h11,14H,5-10H2,1-4H3. The molecule has 0 aliphatic carbocycles. The molecule has 0 saturated heterocycles. The molecule has 0 heterocycles. The molecule has 0 aliphatic rings. The maximum Gasteiger partial charge on any atom is 0.153 e. The molecular weight excluding hydrogens is 258 g/mol. The lowest BCUT2D eigenvalue weighted by Crippen LogP contribution is -2.37. The third-order valence-corrected chi connectivity index (χ3v) is 6.34. The summed E-state index contributed by atoms with van der Waals surface area (Å²) in [6.07, 6.45) is 2.02. The van der Waals surface area contributed by atoms with E-state index < -0.39 is 9.84 Å². The Morgan fingerprint density at radius 2 is 1.76 bits per heavy atom. The van der Waals surface area contributed by atoms with Crippen molar-refractivity contribution >= 4 is 21.4 Å². The van der Waals surface area contributed by atoms with Crippen LogP contribution in [0.15, 0.2) is 0 Å². The van der Waals surface area contributed by atoms with Gasteiger partial charge in [-0.2, -0.15) is 0 Å². The first-order chi connectivity index (χ1) is 7.83. The molecule has 0 spiro atoms. The second-order valence-corrected chi connectivity index (χ2v) is 7.88. The summed E-state index contributed by atoms with van der Waals surface area (Å²) in [5, 5.41) is 2.93. The van der Waals surface area contributed by atoms with Crippen LogP contribution in [0, 0.1) is 5.41 Å². The van der Waals surface area contributed by atoms with E-state index in [1.165, 1.54) is 0 Å². The highest BCUT2D eigenvalue weighted by Crippen LogP contribution is 2.26. The fraction of sp³-hybridized carbons (Fsp3) is 1.00. The van der Waals surface area contributed by atoms with Crippen LogP contribution in [-0.4, -0.2) is 38.4 Å². The van der Waals surface area contributed by atoms with E-state index in [2.05, 4.69) is 19.2 Å². The highest BCUT2D eigenvalue weighted by Gasteiger charge is 2.24.